The van der Waals surface area contributed by atoms with Crippen LogP contribution >= 0.6 is 0 Å². The molecule has 0 atom stereocenters. The molecule has 2 heterocycles. The first-order valence-corrected chi connectivity index (χ1v) is 5.13. The second kappa shape index (κ2) is 4.40. The van der Waals surface area contributed by atoms with Crippen molar-refractivity contribution in [2.24, 2.45) is 0 Å². The molecule has 0 amide bonds. The maximum Gasteiger partial charge on any atom is 0.199 e. The van der Waals surface area contributed by atoms with Gasteiger partial charge in [-0.05, 0) is 24.3 Å². The molecule has 0 bridgehead atoms. The Morgan fingerprint density at radius 2 is 2.25 bits per heavy atom. The first-order chi connectivity index (χ1) is 7.74. The number of hydrogen-bond donors (Lipinski definition) is 1. The Kier molecular flexibility index (Phi) is 2.95. The van der Waals surface area contributed by atoms with Crippen LogP contribution in [0.2, 0.25) is 0 Å². The fraction of sp³-hybridized carbons (Fsp3) is 0.556. The van der Waals surface area contributed by atoms with Crippen LogP contribution in [-0.2, 0) is 0 Å². The van der Waals surface area contributed by atoms with Crippen LogP contribution in [0, 0.1) is 0 Å². The molecular weight excluding hydrogens is 208 g/mol. The van der Waals surface area contributed by atoms with Crippen LogP contribution in [0.1, 0.15) is 13.8 Å². The van der Waals surface area contributed by atoms with Crippen LogP contribution in [0.5, 0.6) is 0 Å². The molecule has 0 aliphatic heterocycles. The molecule has 0 saturated carbocycles. The quantitative estimate of drug-likeness (QED) is 0.767. The number of aliphatic hydroxyl groups excluding tert-OH is 1. The van der Waals surface area contributed by atoms with Gasteiger partial charge in [0.2, 0.25) is 0 Å². The van der Waals surface area contributed by atoms with Gasteiger partial charge in [-0.3, -0.25) is 4.98 Å². The highest BCUT2D eigenvalue weighted by molar-refractivity contribution is 5.46. The van der Waals surface area contributed by atoms with E-state index in [1.807, 2.05) is 18.7 Å². The van der Waals surface area contributed by atoms with Crippen molar-refractivity contribution in [3.8, 4) is 0 Å². The Hall–Kier alpha value is -1.76. The van der Waals surface area contributed by atoms with Crippen LogP contribution in [0.4, 0.5) is 5.82 Å². The first-order valence-electron chi connectivity index (χ1n) is 5.13. The van der Waals surface area contributed by atoms with Gasteiger partial charge in [-0.2, -0.15) is 4.52 Å². The molecule has 0 radical (unpaired) electrons. The Balaban J connectivity index is 2.47. The molecule has 0 aromatic carbocycles. The van der Waals surface area contributed by atoms with Gasteiger partial charge >= 0.3 is 0 Å². The number of anilines is 1. The summed E-state index contributed by atoms with van der Waals surface area (Å²) in [7, 11) is 0. The lowest BCUT2D eigenvalue weighted by Crippen LogP contribution is -2.35. The van der Waals surface area contributed by atoms with Gasteiger partial charge in [-0.15, -0.1) is 5.10 Å². The molecule has 7 nitrogen and oxygen atoms in total. The van der Waals surface area contributed by atoms with Gasteiger partial charge in [-0.25, -0.2) is 0 Å². The Labute approximate surface area is 92.7 Å². The smallest absolute Gasteiger partial charge is 0.199 e. The van der Waals surface area contributed by atoms with Gasteiger partial charge in [0.1, 0.15) is 0 Å². The van der Waals surface area contributed by atoms with E-state index in [2.05, 4.69) is 20.5 Å². The number of tetrazole rings is 1. The lowest BCUT2D eigenvalue weighted by Gasteiger charge is -2.27. The predicted octanol–water partition coefficient (Wildman–Crippen LogP) is -0.274. The maximum absolute atomic E-state index is 9.05. The fourth-order valence-electron chi connectivity index (χ4n) is 1.60. The van der Waals surface area contributed by atoms with E-state index in [1.54, 1.807) is 16.9 Å². The molecule has 16 heavy (non-hydrogen) atoms. The molecule has 2 aromatic heterocycles. The van der Waals surface area contributed by atoms with E-state index in [-0.39, 0.29) is 12.6 Å². The Morgan fingerprint density at radius 3 is 2.94 bits per heavy atom. The van der Waals surface area contributed by atoms with Crippen molar-refractivity contribution in [2.45, 2.75) is 19.9 Å². The maximum atomic E-state index is 9.05. The summed E-state index contributed by atoms with van der Waals surface area (Å²) >= 11 is 0. The number of fused-ring (bicyclic) bond motifs is 1. The number of rotatable bonds is 4. The summed E-state index contributed by atoms with van der Waals surface area (Å²) < 4.78 is 1.61. The molecule has 0 aliphatic carbocycles. The first kappa shape index (κ1) is 10.7. The summed E-state index contributed by atoms with van der Waals surface area (Å²) in [6.07, 6.45) is 3.29. The lowest BCUT2D eigenvalue weighted by atomic mass is 10.3. The largest absolute Gasteiger partial charge is 0.395 e. The topological polar surface area (TPSA) is 79.4 Å². The van der Waals surface area contributed by atoms with Crippen molar-refractivity contribution in [2.75, 3.05) is 18.1 Å². The highest BCUT2D eigenvalue weighted by Gasteiger charge is 2.14. The molecule has 0 aliphatic rings. The summed E-state index contributed by atoms with van der Waals surface area (Å²) in [4.78, 5) is 6.08. The standard InChI is InChI=1S/C9H14N6O/c1-7(2)14(3-4-16)9-6-10-5-8-11-12-13-15(8)9/h5-7,16H,3-4H2,1-2H3. The number of hydrogen-bond acceptors (Lipinski definition) is 6. The van der Waals surface area contributed by atoms with Gasteiger partial charge in [0.05, 0.1) is 19.0 Å². The van der Waals surface area contributed by atoms with Gasteiger partial charge in [0.15, 0.2) is 11.5 Å². The van der Waals surface area contributed by atoms with Gasteiger partial charge < -0.3 is 10.0 Å². The molecule has 1 N–H and O–H groups in total. The predicted molar refractivity (Wildman–Crippen MR) is 58.1 cm³/mol. The minimum Gasteiger partial charge on any atom is -0.395 e. The molecule has 86 valence electrons. The number of nitrogens with zero attached hydrogens (tertiary/aromatic N) is 6. The second-order valence-corrected chi connectivity index (χ2v) is 3.73. The van der Waals surface area contributed by atoms with Crippen LogP contribution in [0.3, 0.4) is 0 Å². The van der Waals surface area contributed by atoms with E-state index >= 15 is 0 Å². The van der Waals surface area contributed by atoms with Gasteiger partial charge in [0, 0.05) is 12.6 Å². The van der Waals surface area contributed by atoms with Crippen molar-refractivity contribution in [3.63, 3.8) is 0 Å². The van der Waals surface area contributed by atoms with E-state index < -0.39 is 0 Å². The highest BCUT2D eigenvalue weighted by atomic mass is 16.3. The third-order valence-electron chi connectivity index (χ3n) is 2.35. The van der Waals surface area contributed by atoms with Crippen molar-refractivity contribution >= 4 is 11.5 Å². The zero-order valence-electron chi connectivity index (χ0n) is 9.28. The summed E-state index contributed by atoms with van der Waals surface area (Å²) in [5, 5.41) is 20.4. The number of aliphatic hydroxyl groups is 1. The fourth-order valence-corrected chi connectivity index (χ4v) is 1.60. The molecule has 7 heteroatoms. The summed E-state index contributed by atoms with van der Waals surface area (Å²) in [5.41, 5.74) is 0.598. The normalized spacial score (nSPS) is 11.2. The number of aromatic nitrogens is 5. The Morgan fingerprint density at radius 1 is 1.44 bits per heavy atom. The van der Waals surface area contributed by atoms with Crippen LogP contribution in [-0.4, -0.2) is 49.3 Å². The zero-order chi connectivity index (χ0) is 11.5. The molecule has 2 aromatic rings. The summed E-state index contributed by atoms with van der Waals surface area (Å²) in [6, 6.07) is 0.240. The Bertz CT molecular complexity index is 468. The van der Waals surface area contributed by atoms with Crippen molar-refractivity contribution < 1.29 is 5.11 Å². The second-order valence-electron chi connectivity index (χ2n) is 3.73. The summed E-state index contributed by atoms with van der Waals surface area (Å²) in [5.74, 6) is 0.784. The lowest BCUT2D eigenvalue weighted by molar-refractivity contribution is 0.298. The molecule has 2 rings (SSSR count). The SMILES string of the molecule is CC(C)N(CCO)c1cncc2nnnn12. The van der Waals surface area contributed by atoms with Gasteiger partial charge in [0.25, 0.3) is 0 Å². The van der Waals surface area contributed by atoms with Crippen LogP contribution in [0.15, 0.2) is 12.4 Å². The monoisotopic (exact) mass is 222 g/mol. The van der Waals surface area contributed by atoms with E-state index in [0.29, 0.717) is 12.2 Å². The van der Waals surface area contributed by atoms with E-state index in [0.717, 1.165) is 5.82 Å². The van der Waals surface area contributed by atoms with Crippen LogP contribution < -0.4 is 4.90 Å². The molecule has 0 unspecified atom stereocenters. The molecule has 0 saturated heterocycles. The van der Waals surface area contributed by atoms with E-state index in [9.17, 15) is 0 Å². The molecule has 0 fully saturated rings. The van der Waals surface area contributed by atoms with E-state index in [1.165, 1.54) is 0 Å². The summed E-state index contributed by atoms with van der Waals surface area (Å²) in [6.45, 7) is 4.69. The third kappa shape index (κ3) is 1.81. The van der Waals surface area contributed by atoms with Gasteiger partial charge in [-0.1, -0.05) is 0 Å². The average Bonchev–Trinajstić information content (AvgIpc) is 2.73. The highest BCUT2D eigenvalue weighted by Crippen LogP contribution is 2.15. The van der Waals surface area contributed by atoms with Crippen molar-refractivity contribution in [1.82, 2.24) is 25.0 Å². The molecular formula is C9H14N6O. The minimum atomic E-state index is 0.0801. The average molecular weight is 222 g/mol. The minimum absolute atomic E-state index is 0.0801. The van der Waals surface area contributed by atoms with Crippen LogP contribution in [0.25, 0.3) is 5.65 Å². The zero-order valence-corrected chi connectivity index (χ0v) is 9.28. The van der Waals surface area contributed by atoms with Crippen molar-refractivity contribution in [1.29, 1.82) is 0 Å². The van der Waals surface area contributed by atoms with E-state index in [4.69, 9.17) is 5.11 Å². The van der Waals surface area contributed by atoms with Crippen molar-refractivity contribution in [3.05, 3.63) is 12.4 Å². The third-order valence-corrected chi connectivity index (χ3v) is 2.35. The molecule has 0 spiro atoms.